The van der Waals surface area contributed by atoms with E-state index in [2.05, 4.69) is 5.32 Å². The lowest BCUT2D eigenvalue weighted by atomic mass is 9.86. The second-order valence-corrected chi connectivity index (χ2v) is 5.44. The molecule has 1 aromatic carbocycles. The van der Waals surface area contributed by atoms with Crippen LogP contribution < -0.4 is 5.32 Å². The average Bonchev–Trinajstić information content (AvgIpc) is 2.40. The van der Waals surface area contributed by atoms with Crippen LogP contribution in [0.3, 0.4) is 0 Å². The van der Waals surface area contributed by atoms with Crippen LogP contribution in [0.2, 0.25) is 5.02 Å². The molecule has 0 spiro atoms. The Hall–Kier alpha value is -1.13. The summed E-state index contributed by atoms with van der Waals surface area (Å²) in [6, 6.07) is 4.84. The van der Waals surface area contributed by atoms with Gasteiger partial charge in [-0.25, -0.2) is 4.39 Å². The van der Waals surface area contributed by atoms with E-state index in [0.717, 1.165) is 24.8 Å². The molecule has 1 aliphatic rings. The molecule has 1 saturated carbocycles. The molecule has 1 aliphatic carbocycles. The number of carbonyl (C=O) groups is 1. The Labute approximate surface area is 116 Å². The number of hydrogen-bond acceptors (Lipinski definition) is 2. The van der Waals surface area contributed by atoms with E-state index in [1.54, 1.807) is 12.1 Å². The zero-order valence-electron chi connectivity index (χ0n) is 10.5. The first-order chi connectivity index (χ1) is 9.06. The fourth-order valence-corrected chi connectivity index (χ4v) is 2.71. The Morgan fingerprint density at radius 1 is 1.47 bits per heavy atom. The SMILES string of the molecule is O=C(O)C1CCCC(NCc2ccc(F)c(Cl)c2)C1. The predicted octanol–water partition coefficient (Wildman–Crippen LogP) is 3.21. The quantitative estimate of drug-likeness (QED) is 0.893. The first-order valence-corrected chi connectivity index (χ1v) is 6.84. The molecule has 19 heavy (non-hydrogen) atoms. The van der Waals surface area contributed by atoms with Gasteiger partial charge in [0.2, 0.25) is 0 Å². The van der Waals surface area contributed by atoms with Crippen molar-refractivity contribution in [3.63, 3.8) is 0 Å². The molecule has 2 N–H and O–H groups in total. The van der Waals surface area contributed by atoms with Crippen molar-refractivity contribution in [3.8, 4) is 0 Å². The number of halogens is 2. The van der Waals surface area contributed by atoms with Crippen LogP contribution in [0.15, 0.2) is 18.2 Å². The highest BCUT2D eigenvalue weighted by molar-refractivity contribution is 6.30. The van der Waals surface area contributed by atoms with Crippen molar-refractivity contribution in [2.45, 2.75) is 38.3 Å². The predicted molar refractivity (Wildman–Crippen MR) is 71.6 cm³/mol. The Bertz CT molecular complexity index is 467. The normalized spacial score (nSPS) is 23.3. The largest absolute Gasteiger partial charge is 0.481 e. The summed E-state index contributed by atoms with van der Waals surface area (Å²) in [6.45, 7) is 0.580. The maximum Gasteiger partial charge on any atom is 0.306 e. The van der Waals surface area contributed by atoms with Crippen LogP contribution >= 0.6 is 11.6 Å². The number of carboxylic acids is 1. The smallest absolute Gasteiger partial charge is 0.306 e. The lowest BCUT2D eigenvalue weighted by molar-refractivity contribution is -0.143. The van der Waals surface area contributed by atoms with Crippen molar-refractivity contribution in [2.75, 3.05) is 0 Å². The molecular weight excluding hydrogens is 269 g/mol. The van der Waals surface area contributed by atoms with Gasteiger partial charge in [-0.15, -0.1) is 0 Å². The third-order valence-electron chi connectivity index (χ3n) is 3.60. The zero-order chi connectivity index (χ0) is 13.8. The standard InChI is InChI=1S/C14H17ClFNO2/c15-12-6-9(4-5-13(12)16)8-17-11-3-1-2-10(7-11)14(18)19/h4-6,10-11,17H,1-3,7-8H2,(H,18,19). The summed E-state index contributed by atoms with van der Waals surface area (Å²) in [5.74, 6) is -1.38. The van der Waals surface area contributed by atoms with Gasteiger partial charge in [0.1, 0.15) is 5.82 Å². The average molecular weight is 286 g/mol. The minimum absolute atomic E-state index is 0.117. The van der Waals surface area contributed by atoms with Gasteiger partial charge < -0.3 is 10.4 Å². The minimum Gasteiger partial charge on any atom is -0.481 e. The van der Waals surface area contributed by atoms with E-state index in [1.165, 1.54) is 6.07 Å². The van der Waals surface area contributed by atoms with Gasteiger partial charge in [0, 0.05) is 12.6 Å². The van der Waals surface area contributed by atoms with Crippen LogP contribution in [0.1, 0.15) is 31.2 Å². The van der Waals surface area contributed by atoms with Gasteiger partial charge in [-0.05, 0) is 37.0 Å². The summed E-state index contributed by atoms with van der Waals surface area (Å²) in [7, 11) is 0. The van der Waals surface area contributed by atoms with Crippen LogP contribution in [-0.2, 0) is 11.3 Å². The van der Waals surface area contributed by atoms with Gasteiger partial charge in [0.25, 0.3) is 0 Å². The van der Waals surface area contributed by atoms with Crippen LogP contribution in [0.4, 0.5) is 4.39 Å². The molecule has 1 fully saturated rings. The molecule has 0 aromatic heterocycles. The van der Waals surface area contributed by atoms with Gasteiger partial charge in [0.05, 0.1) is 10.9 Å². The summed E-state index contributed by atoms with van der Waals surface area (Å²) in [6.07, 6.45) is 3.33. The third kappa shape index (κ3) is 3.91. The van der Waals surface area contributed by atoms with E-state index in [-0.39, 0.29) is 17.0 Å². The van der Waals surface area contributed by atoms with Crippen LogP contribution in [0, 0.1) is 11.7 Å². The van der Waals surface area contributed by atoms with E-state index in [9.17, 15) is 9.18 Å². The van der Waals surface area contributed by atoms with Crippen molar-refractivity contribution in [3.05, 3.63) is 34.6 Å². The minimum atomic E-state index is -0.712. The number of nitrogens with one attached hydrogen (secondary N) is 1. The highest BCUT2D eigenvalue weighted by atomic mass is 35.5. The highest BCUT2D eigenvalue weighted by Crippen LogP contribution is 2.25. The molecule has 0 saturated heterocycles. The van der Waals surface area contributed by atoms with Gasteiger partial charge >= 0.3 is 5.97 Å². The van der Waals surface area contributed by atoms with Crippen LogP contribution in [0.5, 0.6) is 0 Å². The molecule has 2 rings (SSSR count). The molecule has 3 nitrogen and oxygen atoms in total. The lowest BCUT2D eigenvalue weighted by Crippen LogP contribution is -2.36. The second-order valence-electron chi connectivity index (χ2n) is 5.03. The topological polar surface area (TPSA) is 49.3 Å². The molecule has 0 heterocycles. The second kappa shape index (κ2) is 6.35. The van der Waals surface area contributed by atoms with Crippen molar-refractivity contribution >= 4 is 17.6 Å². The number of aliphatic carboxylic acids is 1. The number of rotatable bonds is 4. The van der Waals surface area contributed by atoms with E-state index in [4.69, 9.17) is 16.7 Å². The van der Waals surface area contributed by atoms with Crippen LogP contribution in [-0.4, -0.2) is 17.1 Å². The van der Waals surface area contributed by atoms with Crippen molar-refractivity contribution in [1.82, 2.24) is 5.32 Å². The van der Waals surface area contributed by atoms with E-state index in [0.29, 0.717) is 13.0 Å². The summed E-state index contributed by atoms with van der Waals surface area (Å²) >= 11 is 5.72. The molecule has 2 atom stereocenters. The molecule has 104 valence electrons. The highest BCUT2D eigenvalue weighted by Gasteiger charge is 2.26. The Morgan fingerprint density at radius 3 is 2.95 bits per heavy atom. The van der Waals surface area contributed by atoms with Crippen molar-refractivity contribution in [1.29, 1.82) is 0 Å². The Morgan fingerprint density at radius 2 is 2.26 bits per heavy atom. The molecule has 1 aromatic rings. The van der Waals surface area contributed by atoms with Crippen LogP contribution in [0.25, 0.3) is 0 Å². The summed E-state index contributed by atoms with van der Waals surface area (Å²) < 4.78 is 13.0. The number of benzene rings is 1. The zero-order valence-corrected chi connectivity index (χ0v) is 11.3. The molecule has 0 radical (unpaired) electrons. The summed E-state index contributed by atoms with van der Waals surface area (Å²) in [4.78, 5) is 11.0. The monoisotopic (exact) mass is 285 g/mol. The maximum absolute atomic E-state index is 13.0. The fourth-order valence-electron chi connectivity index (χ4n) is 2.51. The first-order valence-electron chi connectivity index (χ1n) is 6.46. The Balaban J connectivity index is 1.87. The maximum atomic E-state index is 13.0. The van der Waals surface area contributed by atoms with Gasteiger partial charge in [0.15, 0.2) is 0 Å². The molecule has 0 aliphatic heterocycles. The number of carboxylic acid groups (broad SMARTS) is 1. The Kier molecular flexibility index (Phi) is 4.77. The molecule has 2 unspecified atom stereocenters. The van der Waals surface area contributed by atoms with Gasteiger partial charge in [-0.1, -0.05) is 24.1 Å². The van der Waals surface area contributed by atoms with Crippen molar-refractivity contribution < 1.29 is 14.3 Å². The summed E-state index contributed by atoms with van der Waals surface area (Å²) in [5.41, 5.74) is 0.906. The van der Waals surface area contributed by atoms with E-state index >= 15 is 0 Å². The molecular formula is C14H17ClFNO2. The van der Waals surface area contributed by atoms with Gasteiger partial charge in [-0.2, -0.15) is 0 Å². The first kappa shape index (κ1) is 14.3. The lowest BCUT2D eigenvalue weighted by Gasteiger charge is -2.27. The van der Waals surface area contributed by atoms with Gasteiger partial charge in [-0.3, -0.25) is 4.79 Å². The third-order valence-corrected chi connectivity index (χ3v) is 3.89. The van der Waals surface area contributed by atoms with Crippen molar-refractivity contribution in [2.24, 2.45) is 5.92 Å². The molecule has 0 amide bonds. The van der Waals surface area contributed by atoms with E-state index in [1.807, 2.05) is 0 Å². The molecule has 0 bridgehead atoms. The van der Waals surface area contributed by atoms with E-state index < -0.39 is 11.8 Å². The fraction of sp³-hybridized carbons (Fsp3) is 0.500. The number of hydrogen-bond donors (Lipinski definition) is 2. The summed E-state index contributed by atoms with van der Waals surface area (Å²) in [5, 5.41) is 12.5. The molecule has 5 heteroatoms.